The zero-order valence-electron chi connectivity index (χ0n) is 13.1. The predicted molar refractivity (Wildman–Crippen MR) is 79.8 cm³/mol. The van der Waals surface area contributed by atoms with Crippen LogP contribution in [0, 0.1) is 5.41 Å². The quantitative estimate of drug-likeness (QED) is 0.777. The summed E-state index contributed by atoms with van der Waals surface area (Å²) in [6.07, 6.45) is 5.25. The van der Waals surface area contributed by atoms with E-state index in [0.29, 0.717) is 11.4 Å². The Bertz CT molecular complexity index is 438. The molecule has 5 nitrogen and oxygen atoms in total. The van der Waals surface area contributed by atoms with Crippen molar-refractivity contribution in [3.63, 3.8) is 0 Å². The lowest BCUT2D eigenvalue weighted by atomic mass is 9.96. The lowest BCUT2D eigenvalue weighted by molar-refractivity contribution is 0.130. The highest BCUT2D eigenvalue weighted by Gasteiger charge is 2.41. The maximum atomic E-state index is 5.46. The van der Waals surface area contributed by atoms with Gasteiger partial charge < -0.3 is 10.1 Å². The molecule has 1 N–H and O–H groups in total. The number of anilines is 1. The lowest BCUT2D eigenvalue weighted by Crippen LogP contribution is -2.21. The summed E-state index contributed by atoms with van der Waals surface area (Å²) in [7, 11) is 0. The molecule has 0 radical (unpaired) electrons. The van der Waals surface area contributed by atoms with E-state index >= 15 is 0 Å². The van der Waals surface area contributed by atoms with Crippen LogP contribution < -0.4 is 5.32 Å². The molecule has 0 atom stereocenters. The standard InChI is InChI=1S/C15H26N4O/c1-5-20-9-8-15(6-7-15)10-16-13-18-11-17-12(19-13)14(2,3)4/h11H,5-10H2,1-4H3,(H,16,17,18,19). The number of rotatable bonds is 7. The van der Waals surface area contributed by atoms with Gasteiger partial charge in [0.15, 0.2) is 0 Å². The van der Waals surface area contributed by atoms with Crippen LogP contribution in [0.15, 0.2) is 6.33 Å². The average molecular weight is 278 g/mol. The maximum Gasteiger partial charge on any atom is 0.225 e. The molecule has 1 aliphatic rings. The molecule has 1 aromatic rings. The van der Waals surface area contributed by atoms with E-state index in [9.17, 15) is 0 Å². The highest BCUT2D eigenvalue weighted by Crippen LogP contribution is 2.48. The van der Waals surface area contributed by atoms with Crippen molar-refractivity contribution in [3.8, 4) is 0 Å². The van der Waals surface area contributed by atoms with Crippen LogP contribution in [0.5, 0.6) is 0 Å². The van der Waals surface area contributed by atoms with Gasteiger partial charge in [-0.25, -0.2) is 9.97 Å². The van der Waals surface area contributed by atoms with Gasteiger partial charge in [-0.1, -0.05) is 20.8 Å². The Balaban J connectivity index is 1.88. The van der Waals surface area contributed by atoms with Gasteiger partial charge in [0, 0.05) is 25.2 Å². The molecular weight excluding hydrogens is 252 g/mol. The smallest absolute Gasteiger partial charge is 0.225 e. The van der Waals surface area contributed by atoms with Gasteiger partial charge in [0.05, 0.1) is 0 Å². The Labute approximate surface area is 121 Å². The number of hydrogen-bond donors (Lipinski definition) is 1. The monoisotopic (exact) mass is 278 g/mol. The normalized spacial score (nSPS) is 17.0. The Morgan fingerprint density at radius 1 is 1.30 bits per heavy atom. The molecule has 1 aliphatic carbocycles. The van der Waals surface area contributed by atoms with Gasteiger partial charge in [0.1, 0.15) is 12.2 Å². The fraction of sp³-hybridized carbons (Fsp3) is 0.800. The number of nitrogens with one attached hydrogen (secondary N) is 1. The van der Waals surface area contributed by atoms with E-state index in [-0.39, 0.29) is 5.41 Å². The highest BCUT2D eigenvalue weighted by molar-refractivity contribution is 5.25. The van der Waals surface area contributed by atoms with Gasteiger partial charge in [0.2, 0.25) is 5.95 Å². The molecule has 0 unspecified atom stereocenters. The zero-order chi connectivity index (χ0) is 14.6. The molecule has 1 heterocycles. The summed E-state index contributed by atoms with van der Waals surface area (Å²) < 4.78 is 5.46. The van der Waals surface area contributed by atoms with E-state index in [1.165, 1.54) is 12.8 Å². The number of hydrogen-bond acceptors (Lipinski definition) is 5. The molecule has 0 aromatic carbocycles. The van der Waals surface area contributed by atoms with Gasteiger partial charge >= 0.3 is 0 Å². The summed E-state index contributed by atoms with van der Waals surface area (Å²) in [5.41, 5.74) is 0.343. The number of aromatic nitrogens is 3. The molecule has 0 aliphatic heterocycles. The van der Waals surface area contributed by atoms with Crippen LogP contribution in [-0.2, 0) is 10.2 Å². The first-order valence-corrected chi connectivity index (χ1v) is 7.46. The van der Waals surface area contributed by atoms with Crippen molar-refractivity contribution in [2.45, 2.75) is 52.4 Å². The second kappa shape index (κ2) is 6.04. The van der Waals surface area contributed by atoms with E-state index in [2.05, 4.69) is 41.0 Å². The molecule has 0 spiro atoms. The Morgan fingerprint density at radius 2 is 2.05 bits per heavy atom. The van der Waals surface area contributed by atoms with Crippen molar-refractivity contribution in [1.82, 2.24) is 15.0 Å². The van der Waals surface area contributed by atoms with Crippen LogP contribution in [0.25, 0.3) is 0 Å². The first-order chi connectivity index (χ1) is 9.45. The first-order valence-electron chi connectivity index (χ1n) is 7.46. The van der Waals surface area contributed by atoms with Crippen LogP contribution in [0.4, 0.5) is 5.95 Å². The summed E-state index contributed by atoms with van der Waals surface area (Å²) in [4.78, 5) is 13.0. The van der Waals surface area contributed by atoms with Gasteiger partial charge in [-0.05, 0) is 31.6 Å². The van der Waals surface area contributed by atoms with Crippen LogP contribution in [0.1, 0.15) is 52.8 Å². The van der Waals surface area contributed by atoms with Crippen molar-refractivity contribution < 1.29 is 4.74 Å². The number of ether oxygens (including phenoxy) is 1. The van der Waals surface area contributed by atoms with E-state index < -0.39 is 0 Å². The molecule has 0 bridgehead atoms. The fourth-order valence-electron chi connectivity index (χ4n) is 2.13. The third-order valence-corrected chi connectivity index (χ3v) is 3.80. The van der Waals surface area contributed by atoms with Crippen molar-refractivity contribution in [3.05, 3.63) is 12.2 Å². The fourth-order valence-corrected chi connectivity index (χ4v) is 2.13. The maximum absolute atomic E-state index is 5.46. The minimum Gasteiger partial charge on any atom is -0.382 e. The van der Waals surface area contributed by atoms with E-state index in [0.717, 1.165) is 32.0 Å². The number of nitrogens with zero attached hydrogens (tertiary/aromatic N) is 3. The molecule has 1 fully saturated rings. The SMILES string of the molecule is CCOCCC1(CNc2ncnc(C(C)(C)C)n2)CC1. The summed E-state index contributed by atoms with van der Waals surface area (Å²) in [6, 6.07) is 0. The second-order valence-electron chi connectivity index (χ2n) is 6.68. The molecule has 20 heavy (non-hydrogen) atoms. The molecule has 2 rings (SSSR count). The van der Waals surface area contributed by atoms with Crippen LogP contribution >= 0.6 is 0 Å². The van der Waals surface area contributed by atoms with Crippen molar-refractivity contribution in [1.29, 1.82) is 0 Å². The molecule has 0 amide bonds. The Morgan fingerprint density at radius 3 is 2.65 bits per heavy atom. The first kappa shape index (κ1) is 15.2. The molecule has 5 heteroatoms. The molecule has 0 saturated heterocycles. The van der Waals surface area contributed by atoms with Crippen molar-refractivity contribution in [2.75, 3.05) is 25.1 Å². The third kappa shape index (κ3) is 4.13. The van der Waals surface area contributed by atoms with Gasteiger partial charge in [0.25, 0.3) is 0 Å². The largest absolute Gasteiger partial charge is 0.382 e. The predicted octanol–water partition coefficient (Wildman–Crippen LogP) is 2.79. The lowest BCUT2D eigenvalue weighted by Gasteiger charge is -2.18. The molecule has 1 aromatic heterocycles. The molecule has 1 saturated carbocycles. The Hall–Kier alpha value is -1.23. The van der Waals surface area contributed by atoms with Crippen molar-refractivity contribution >= 4 is 5.95 Å². The highest BCUT2D eigenvalue weighted by atomic mass is 16.5. The summed E-state index contributed by atoms with van der Waals surface area (Å²) >= 11 is 0. The molecule has 112 valence electrons. The summed E-state index contributed by atoms with van der Waals surface area (Å²) in [5.74, 6) is 1.52. The van der Waals surface area contributed by atoms with E-state index in [4.69, 9.17) is 4.74 Å². The van der Waals surface area contributed by atoms with E-state index in [1.54, 1.807) is 6.33 Å². The molecular formula is C15H26N4O. The van der Waals surface area contributed by atoms with E-state index in [1.807, 2.05) is 6.92 Å². The third-order valence-electron chi connectivity index (χ3n) is 3.80. The summed E-state index contributed by atoms with van der Waals surface area (Å²) in [6.45, 7) is 10.9. The van der Waals surface area contributed by atoms with Crippen LogP contribution in [0.3, 0.4) is 0 Å². The second-order valence-corrected chi connectivity index (χ2v) is 6.68. The van der Waals surface area contributed by atoms with Crippen molar-refractivity contribution in [2.24, 2.45) is 5.41 Å². The van der Waals surface area contributed by atoms with Crippen LogP contribution in [-0.4, -0.2) is 34.7 Å². The van der Waals surface area contributed by atoms with Gasteiger partial charge in [-0.15, -0.1) is 0 Å². The topological polar surface area (TPSA) is 59.9 Å². The Kier molecular flexibility index (Phi) is 4.58. The average Bonchev–Trinajstić information content (AvgIpc) is 3.17. The summed E-state index contributed by atoms with van der Waals surface area (Å²) in [5, 5.41) is 3.37. The van der Waals surface area contributed by atoms with Gasteiger partial charge in [-0.2, -0.15) is 4.98 Å². The minimum atomic E-state index is -0.0500. The minimum absolute atomic E-state index is 0.0500. The zero-order valence-corrected chi connectivity index (χ0v) is 13.1. The van der Waals surface area contributed by atoms with Gasteiger partial charge in [-0.3, -0.25) is 0 Å². The van der Waals surface area contributed by atoms with Crippen LogP contribution in [0.2, 0.25) is 0 Å².